The lowest BCUT2D eigenvalue weighted by Crippen LogP contribution is -1.97. The van der Waals surface area contributed by atoms with E-state index in [1.807, 2.05) is 18.2 Å². The summed E-state index contributed by atoms with van der Waals surface area (Å²) in [7, 11) is 0. The lowest BCUT2D eigenvalue weighted by atomic mass is 10.3. The highest BCUT2D eigenvalue weighted by atomic mass is 35.5. The van der Waals surface area contributed by atoms with Crippen molar-refractivity contribution in [2.24, 2.45) is 5.73 Å². The van der Waals surface area contributed by atoms with Crippen molar-refractivity contribution < 1.29 is 4.74 Å². The molecule has 1 aromatic carbocycles. The first-order valence-corrected chi connectivity index (χ1v) is 5.24. The van der Waals surface area contributed by atoms with Crippen LogP contribution in [0.4, 0.5) is 0 Å². The zero-order valence-electron chi connectivity index (χ0n) is 8.56. The second kappa shape index (κ2) is 4.96. The van der Waals surface area contributed by atoms with E-state index in [2.05, 4.69) is 4.98 Å². The number of nitrogens with zero attached hydrogens (tertiary/aromatic N) is 1. The summed E-state index contributed by atoms with van der Waals surface area (Å²) in [5.74, 6) is 1.19. The predicted octanol–water partition coefficient (Wildman–Crippen LogP) is 2.99. The lowest BCUT2D eigenvalue weighted by molar-refractivity contribution is 0.462. The van der Waals surface area contributed by atoms with Gasteiger partial charge in [-0.1, -0.05) is 23.7 Å². The van der Waals surface area contributed by atoms with Crippen LogP contribution in [0.5, 0.6) is 11.6 Å². The van der Waals surface area contributed by atoms with Crippen LogP contribution in [0.1, 0.15) is 5.56 Å². The molecule has 0 spiro atoms. The molecule has 0 unspecified atom stereocenters. The van der Waals surface area contributed by atoms with Crippen molar-refractivity contribution >= 4 is 11.6 Å². The van der Waals surface area contributed by atoms with E-state index in [0.717, 1.165) is 5.56 Å². The van der Waals surface area contributed by atoms with Gasteiger partial charge in [-0.05, 0) is 23.8 Å². The van der Waals surface area contributed by atoms with Gasteiger partial charge in [-0.25, -0.2) is 4.98 Å². The fourth-order valence-corrected chi connectivity index (χ4v) is 1.42. The molecule has 0 bridgehead atoms. The molecule has 0 atom stereocenters. The summed E-state index contributed by atoms with van der Waals surface area (Å²) in [6.07, 6.45) is 1.69. The zero-order chi connectivity index (χ0) is 11.4. The number of hydrogen-bond donors (Lipinski definition) is 1. The minimum absolute atomic E-state index is 0.477. The average Bonchev–Trinajstić information content (AvgIpc) is 2.30. The van der Waals surface area contributed by atoms with Crippen molar-refractivity contribution in [1.29, 1.82) is 0 Å². The summed E-state index contributed by atoms with van der Waals surface area (Å²) in [6.45, 7) is 0.477. The fourth-order valence-electron chi connectivity index (χ4n) is 1.24. The molecule has 0 aliphatic rings. The maximum atomic E-state index is 5.84. The smallest absolute Gasteiger partial charge is 0.219 e. The summed E-state index contributed by atoms with van der Waals surface area (Å²) in [6, 6.07) is 10.8. The Kier molecular flexibility index (Phi) is 3.39. The van der Waals surface area contributed by atoms with Crippen molar-refractivity contribution in [2.75, 3.05) is 0 Å². The van der Waals surface area contributed by atoms with Crippen LogP contribution in [0.2, 0.25) is 5.02 Å². The van der Waals surface area contributed by atoms with Gasteiger partial charge in [0, 0.05) is 23.8 Å². The van der Waals surface area contributed by atoms with E-state index in [-0.39, 0.29) is 0 Å². The standard InChI is InChI=1S/C12H11ClN2O/c13-10-2-1-3-11(6-10)16-12-5-4-9(7-14)8-15-12/h1-6,8H,7,14H2. The Morgan fingerprint density at radius 1 is 1.25 bits per heavy atom. The van der Waals surface area contributed by atoms with Crippen molar-refractivity contribution in [3.63, 3.8) is 0 Å². The van der Waals surface area contributed by atoms with Crippen LogP contribution in [-0.2, 0) is 6.54 Å². The van der Waals surface area contributed by atoms with E-state index in [1.54, 1.807) is 24.4 Å². The van der Waals surface area contributed by atoms with Gasteiger partial charge in [0.05, 0.1) is 0 Å². The van der Waals surface area contributed by atoms with E-state index in [0.29, 0.717) is 23.2 Å². The molecule has 2 aromatic rings. The van der Waals surface area contributed by atoms with Crippen LogP contribution in [-0.4, -0.2) is 4.98 Å². The van der Waals surface area contributed by atoms with Crippen LogP contribution >= 0.6 is 11.6 Å². The number of hydrogen-bond acceptors (Lipinski definition) is 3. The molecule has 0 amide bonds. The van der Waals surface area contributed by atoms with Gasteiger partial charge in [-0.15, -0.1) is 0 Å². The Hall–Kier alpha value is -1.58. The third kappa shape index (κ3) is 2.72. The third-order valence-electron chi connectivity index (χ3n) is 2.05. The van der Waals surface area contributed by atoms with Crippen molar-refractivity contribution in [3.05, 3.63) is 53.2 Å². The molecule has 82 valence electrons. The van der Waals surface area contributed by atoms with Gasteiger partial charge in [-0.2, -0.15) is 0 Å². The Morgan fingerprint density at radius 2 is 2.12 bits per heavy atom. The predicted molar refractivity (Wildman–Crippen MR) is 63.7 cm³/mol. The summed E-state index contributed by atoms with van der Waals surface area (Å²) in [4.78, 5) is 4.13. The van der Waals surface area contributed by atoms with Crippen LogP contribution in [0.25, 0.3) is 0 Å². The molecule has 4 heteroatoms. The Balaban J connectivity index is 2.14. The molecule has 0 fully saturated rings. The summed E-state index contributed by atoms with van der Waals surface area (Å²) >= 11 is 5.84. The summed E-state index contributed by atoms with van der Waals surface area (Å²) in [5, 5.41) is 0.635. The second-order valence-corrected chi connectivity index (χ2v) is 3.70. The lowest BCUT2D eigenvalue weighted by Gasteiger charge is -2.05. The molecule has 0 saturated carbocycles. The molecular weight excluding hydrogens is 224 g/mol. The first-order chi connectivity index (χ1) is 7.78. The number of benzene rings is 1. The zero-order valence-corrected chi connectivity index (χ0v) is 9.32. The number of aromatic nitrogens is 1. The number of pyridine rings is 1. The quantitative estimate of drug-likeness (QED) is 0.888. The number of ether oxygens (including phenoxy) is 1. The average molecular weight is 235 g/mol. The van der Waals surface area contributed by atoms with Crippen LogP contribution in [0.3, 0.4) is 0 Å². The van der Waals surface area contributed by atoms with E-state index >= 15 is 0 Å². The molecule has 1 aromatic heterocycles. The maximum absolute atomic E-state index is 5.84. The van der Waals surface area contributed by atoms with Crippen molar-refractivity contribution in [3.8, 4) is 11.6 Å². The SMILES string of the molecule is NCc1ccc(Oc2cccc(Cl)c2)nc1. The number of nitrogens with two attached hydrogens (primary N) is 1. The molecule has 2 N–H and O–H groups in total. The normalized spacial score (nSPS) is 10.1. The van der Waals surface area contributed by atoms with Gasteiger partial charge in [0.2, 0.25) is 5.88 Å². The summed E-state index contributed by atoms with van der Waals surface area (Å²) in [5.41, 5.74) is 6.44. The van der Waals surface area contributed by atoms with Gasteiger partial charge in [-0.3, -0.25) is 0 Å². The van der Waals surface area contributed by atoms with E-state index in [4.69, 9.17) is 22.1 Å². The Morgan fingerprint density at radius 3 is 2.75 bits per heavy atom. The van der Waals surface area contributed by atoms with Gasteiger partial charge < -0.3 is 10.5 Å². The second-order valence-electron chi connectivity index (χ2n) is 3.27. The topological polar surface area (TPSA) is 48.1 Å². The van der Waals surface area contributed by atoms with Gasteiger partial charge in [0.25, 0.3) is 0 Å². The third-order valence-corrected chi connectivity index (χ3v) is 2.29. The molecule has 0 aliphatic carbocycles. The van der Waals surface area contributed by atoms with Crippen molar-refractivity contribution in [1.82, 2.24) is 4.98 Å². The van der Waals surface area contributed by atoms with E-state index in [1.165, 1.54) is 0 Å². The molecule has 1 heterocycles. The van der Waals surface area contributed by atoms with Gasteiger partial charge >= 0.3 is 0 Å². The van der Waals surface area contributed by atoms with Gasteiger partial charge in [0.1, 0.15) is 5.75 Å². The molecule has 0 radical (unpaired) electrons. The largest absolute Gasteiger partial charge is 0.439 e. The highest BCUT2D eigenvalue weighted by Crippen LogP contribution is 2.22. The van der Waals surface area contributed by atoms with E-state index in [9.17, 15) is 0 Å². The van der Waals surface area contributed by atoms with Crippen LogP contribution < -0.4 is 10.5 Å². The fraction of sp³-hybridized carbons (Fsp3) is 0.0833. The number of rotatable bonds is 3. The van der Waals surface area contributed by atoms with E-state index < -0.39 is 0 Å². The molecule has 3 nitrogen and oxygen atoms in total. The molecule has 0 saturated heterocycles. The molecule has 16 heavy (non-hydrogen) atoms. The minimum atomic E-state index is 0.477. The van der Waals surface area contributed by atoms with Crippen molar-refractivity contribution in [2.45, 2.75) is 6.54 Å². The maximum Gasteiger partial charge on any atom is 0.219 e. The minimum Gasteiger partial charge on any atom is -0.439 e. The van der Waals surface area contributed by atoms with Crippen LogP contribution in [0.15, 0.2) is 42.6 Å². The highest BCUT2D eigenvalue weighted by molar-refractivity contribution is 6.30. The Labute approximate surface area is 98.8 Å². The van der Waals surface area contributed by atoms with Crippen LogP contribution in [0, 0.1) is 0 Å². The first-order valence-electron chi connectivity index (χ1n) is 4.86. The molecule has 0 aliphatic heterocycles. The Bertz CT molecular complexity index is 471. The number of halogens is 1. The first kappa shape index (κ1) is 10.9. The van der Waals surface area contributed by atoms with Gasteiger partial charge in [0.15, 0.2) is 0 Å². The molecule has 2 rings (SSSR count). The summed E-state index contributed by atoms with van der Waals surface area (Å²) < 4.78 is 5.52. The highest BCUT2D eigenvalue weighted by Gasteiger charge is 1.99. The monoisotopic (exact) mass is 234 g/mol. The molecular formula is C12H11ClN2O.